The van der Waals surface area contributed by atoms with E-state index >= 15 is 0 Å². The minimum absolute atomic E-state index is 0. The van der Waals surface area contributed by atoms with Crippen molar-refractivity contribution in [1.82, 2.24) is 0 Å². The second-order valence-corrected chi connectivity index (χ2v) is 1.22. The van der Waals surface area contributed by atoms with E-state index in [1.807, 2.05) is 0 Å². The second-order valence-electron chi connectivity index (χ2n) is 1.22. The first kappa shape index (κ1) is 12.0. The Labute approximate surface area is 72.2 Å². The van der Waals surface area contributed by atoms with E-state index in [0.29, 0.717) is 0 Å². The topological polar surface area (TPSA) is 23.8 Å². The van der Waals surface area contributed by atoms with Crippen molar-refractivity contribution in [2.45, 2.75) is 0 Å². The summed E-state index contributed by atoms with van der Waals surface area (Å²) in [5, 5.41) is 6.25. The van der Waals surface area contributed by atoms with Crippen molar-refractivity contribution in [3.05, 3.63) is 42.7 Å². The predicted molar refractivity (Wildman–Crippen MR) is 30.2 cm³/mol. The van der Waals surface area contributed by atoms with E-state index in [-0.39, 0.29) is 25.3 Å². The molecule has 3 heteroatoms. The molecule has 46 valence electrons. The fourth-order valence-electron chi connectivity index (χ4n) is 0.371. The minimum Gasteiger partial charge on any atom is -0.512 e. The van der Waals surface area contributed by atoms with Gasteiger partial charge in [0.25, 0.3) is 0 Å². The summed E-state index contributed by atoms with van der Waals surface area (Å²) in [6, 6.07) is 8.53. The van der Waals surface area contributed by atoms with Crippen LogP contribution < -0.4 is 0 Å². The zero-order valence-corrected chi connectivity index (χ0v) is 8.31. The van der Waals surface area contributed by atoms with Crippen LogP contribution in [0.25, 0.3) is 0 Å². The Balaban J connectivity index is 0. The maximum Gasteiger partial charge on any atom is 2.00 e. The Morgan fingerprint density at radius 3 is 2.30 bits per heavy atom. The van der Waals surface area contributed by atoms with Gasteiger partial charge in [-0.25, -0.2) is 0 Å². The van der Waals surface area contributed by atoms with E-state index in [2.05, 4.69) is 6.07 Å². The van der Waals surface area contributed by atoms with E-state index in [1.54, 1.807) is 12.1 Å². The Bertz CT molecular complexity index is 173. The first-order chi connectivity index (χ1) is 4.39. The molecule has 1 rings (SSSR count). The molecule has 0 fully saturated rings. The zero-order chi connectivity index (χ0) is 7.11. The summed E-state index contributed by atoms with van der Waals surface area (Å²) in [6.45, 7) is 4.75. The van der Waals surface area contributed by atoms with Crippen LogP contribution in [0.15, 0.2) is 24.3 Å². The molecular formula is C7H4FNZn. The van der Waals surface area contributed by atoms with Gasteiger partial charge in [0, 0.05) is 5.82 Å². The van der Waals surface area contributed by atoms with Gasteiger partial charge in [-0.2, -0.15) is 18.2 Å². The van der Waals surface area contributed by atoms with E-state index in [0.717, 1.165) is 0 Å². The maximum atomic E-state index is 11.9. The molecule has 0 radical (unpaired) electrons. The molecule has 1 aromatic rings. The maximum absolute atomic E-state index is 11.9. The predicted octanol–water partition coefficient (Wildman–Crippen LogP) is 1.72. The smallest absolute Gasteiger partial charge is 0.512 e. The Morgan fingerprint density at radius 1 is 1.50 bits per heavy atom. The van der Waals surface area contributed by atoms with Crippen molar-refractivity contribution in [2.24, 2.45) is 0 Å². The summed E-state index contributed by atoms with van der Waals surface area (Å²) in [5.74, 6) is -0.234. The monoisotopic (exact) mass is 185 g/mol. The van der Waals surface area contributed by atoms with Crippen LogP contribution in [-0.2, 0) is 19.5 Å². The Morgan fingerprint density at radius 2 is 2.10 bits per heavy atom. The van der Waals surface area contributed by atoms with Gasteiger partial charge in [0.15, 0.2) is 0 Å². The molecule has 0 aliphatic carbocycles. The van der Waals surface area contributed by atoms with Crippen LogP contribution in [0.1, 0.15) is 0 Å². The van der Waals surface area contributed by atoms with E-state index in [9.17, 15) is 4.39 Å². The number of rotatable bonds is 0. The molecule has 0 amide bonds. The molecule has 1 nitrogen and oxygen atoms in total. The normalized spacial score (nSPS) is 6.30. The number of nitrogens with zero attached hydrogens (tertiary/aromatic N) is 1. The summed E-state index contributed by atoms with van der Waals surface area (Å²) in [4.78, 5) is 0. The van der Waals surface area contributed by atoms with Gasteiger partial charge >= 0.3 is 19.5 Å². The minimum atomic E-state index is -0.234. The zero-order valence-electron chi connectivity index (χ0n) is 5.34. The first-order valence-electron chi connectivity index (χ1n) is 2.23. The fourth-order valence-corrected chi connectivity index (χ4v) is 0.371. The molecule has 0 bridgehead atoms. The average molecular weight is 187 g/mol. The van der Waals surface area contributed by atoms with Gasteiger partial charge in [-0.05, 0) is 0 Å². The molecule has 1 aromatic carbocycles. The van der Waals surface area contributed by atoms with Crippen LogP contribution in [0.3, 0.4) is 0 Å². The summed E-state index contributed by atoms with van der Waals surface area (Å²) < 4.78 is 11.9. The molecule has 0 heterocycles. The second kappa shape index (κ2) is 8.26. The molecule has 0 saturated carbocycles. The van der Waals surface area contributed by atoms with Gasteiger partial charge < -0.3 is 11.8 Å². The molecule has 0 atom stereocenters. The number of hydrogen-bond donors (Lipinski definition) is 0. The van der Waals surface area contributed by atoms with E-state index in [1.165, 1.54) is 12.1 Å². The summed E-state index contributed by atoms with van der Waals surface area (Å²) in [5.41, 5.74) is 0. The standard InChI is InChI=1S/C6H4F.CN.Zn/c7-6-4-2-1-3-5-6;1-2;/h1-2,4-5H;;/q2*-1;+2. The van der Waals surface area contributed by atoms with Gasteiger partial charge in [0.05, 0.1) is 0 Å². The van der Waals surface area contributed by atoms with Crippen LogP contribution in [0, 0.1) is 23.7 Å². The SMILES string of the molecule is Fc1c[c-]ccc1.[C-]#N.[Zn+2]. The van der Waals surface area contributed by atoms with E-state index in [4.69, 9.17) is 11.8 Å². The van der Waals surface area contributed by atoms with Crippen LogP contribution in [0.5, 0.6) is 0 Å². The third-order valence-electron chi connectivity index (χ3n) is 0.669. The summed E-state index contributed by atoms with van der Waals surface area (Å²) in [7, 11) is 0. The van der Waals surface area contributed by atoms with Gasteiger partial charge in [0.2, 0.25) is 0 Å². The average Bonchev–Trinajstić information content (AvgIpc) is 1.94. The number of hydrogen-bond acceptors (Lipinski definition) is 1. The van der Waals surface area contributed by atoms with Crippen molar-refractivity contribution >= 4 is 0 Å². The molecule has 0 aliphatic heterocycles. The van der Waals surface area contributed by atoms with Crippen LogP contribution >= 0.6 is 0 Å². The number of halogens is 1. The molecule has 10 heavy (non-hydrogen) atoms. The molecule has 0 spiro atoms. The van der Waals surface area contributed by atoms with Crippen molar-refractivity contribution in [1.29, 1.82) is 5.26 Å². The molecule has 0 aromatic heterocycles. The van der Waals surface area contributed by atoms with Crippen LogP contribution in [-0.4, -0.2) is 0 Å². The third kappa shape index (κ3) is 5.40. The van der Waals surface area contributed by atoms with Crippen molar-refractivity contribution in [3.63, 3.8) is 0 Å². The Kier molecular flexibility index (Phi) is 9.91. The van der Waals surface area contributed by atoms with Gasteiger partial charge in [-0.1, -0.05) is 0 Å². The summed E-state index contributed by atoms with van der Waals surface area (Å²) >= 11 is 0. The largest absolute Gasteiger partial charge is 2.00 e. The molecule has 0 aliphatic rings. The van der Waals surface area contributed by atoms with Crippen molar-refractivity contribution < 1.29 is 23.9 Å². The Hall–Kier alpha value is -0.737. The fraction of sp³-hybridized carbons (Fsp3) is 0. The molecule has 0 N–H and O–H groups in total. The third-order valence-corrected chi connectivity index (χ3v) is 0.669. The van der Waals surface area contributed by atoms with Gasteiger partial charge in [-0.3, -0.25) is 4.39 Å². The first-order valence-corrected chi connectivity index (χ1v) is 2.23. The van der Waals surface area contributed by atoms with Crippen molar-refractivity contribution in [2.75, 3.05) is 0 Å². The molecule has 0 unspecified atom stereocenters. The summed E-state index contributed by atoms with van der Waals surface area (Å²) in [6.07, 6.45) is 0. The molecular weight excluding hydrogens is 182 g/mol. The van der Waals surface area contributed by atoms with Crippen molar-refractivity contribution in [3.8, 4) is 0 Å². The van der Waals surface area contributed by atoms with Crippen LogP contribution in [0.2, 0.25) is 0 Å². The van der Waals surface area contributed by atoms with Crippen LogP contribution in [0.4, 0.5) is 4.39 Å². The van der Waals surface area contributed by atoms with Gasteiger partial charge in [0.1, 0.15) is 0 Å². The number of benzene rings is 1. The molecule has 0 saturated heterocycles. The van der Waals surface area contributed by atoms with E-state index < -0.39 is 0 Å². The quantitative estimate of drug-likeness (QED) is 0.447. The van der Waals surface area contributed by atoms with Gasteiger partial charge in [-0.15, -0.1) is 12.1 Å².